The fourth-order valence-electron chi connectivity index (χ4n) is 2.24. The maximum Gasteiger partial charge on any atom is 0.261 e. The summed E-state index contributed by atoms with van der Waals surface area (Å²) in [5.74, 6) is 5.25. The van der Waals surface area contributed by atoms with Crippen LogP contribution in [0.4, 0.5) is 0 Å². The van der Waals surface area contributed by atoms with Gasteiger partial charge in [-0.25, -0.2) is 4.98 Å². The molecule has 0 atom stereocenters. The number of nitrogens with zero attached hydrogens (tertiary/aromatic N) is 2. The molecule has 108 valence electrons. The van der Waals surface area contributed by atoms with Crippen molar-refractivity contribution in [3.8, 4) is 11.8 Å². The summed E-state index contributed by atoms with van der Waals surface area (Å²) in [4.78, 5) is 29.6. The molecule has 0 N–H and O–H groups in total. The minimum atomic E-state index is -0.261. The van der Waals surface area contributed by atoms with Gasteiger partial charge in [0, 0.05) is 24.2 Å². The molecular weight excluding hydrogens is 300 g/mol. The average molecular weight is 311 g/mol. The van der Waals surface area contributed by atoms with E-state index in [-0.39, 0.29) is 18.4 Å². The maximum absolute atomic E-state index is 12.1. The molecule has 1 aromatic carbocycles. The van der Waals surface area contributed by atoms with Crippen LogP contribution in [-0.2, 0) is 0 Å². The first-order valence-electron chi connectivity index (χ1n) is 6.72. The highest BCUT2D eigenvalue weighted by molar-refractivity contribution is 6.30. The summed E-state index contributed by atoms with van der Waals surface area (Å²) in [5.41, 5.74) is 1.48. The summed E-state index contributed by atoms with van der Waals surface area (Å²) in [6, 6.07) is 10.2. The number of imide groups is 1. The molecule has 0 radical (unpaired) electrons. The van der Waals surface area contributed by atoms with Crippen molar-refractivity contribution in [2.45, 2.75) is 6.42 Å². The van der Waals surface area contributed by atoms with E-state index in [0.717, 1.165) is 0 Å². The van der Waals surface area contributed by atoms with Crippen LogP contribution in [0, 0.1) is 11.8 Å². The Morgan fingerprint density at radius 3 is 2.41 bits per heavy atom. The number of rotatable bonds is 2. The number of halogens is 1. The minimum absolute atomic E-state index is 0.261. The van der Waals surface area contributed by atoms with E-state index in [9.17, 15) is 9.59 Å². The quantitative estimate of drug-likeness (QED) is 0.633. The Bertz CT molecular complexity index is 786. The molecular formula is C17H11ClN2O2. The molecule has 0 saturated heterocycles. The van der Waals surface area contributed by atoms with Crippen LogP contribution in [-0.4, -0.2) is 28.2 Å². The fourth-order valence-corrected chi connectivity index (χ4v) is 2.40. The lowest BCUT2D eigenvalue weighted by molar-refractivity contribution is 0.0658. The van der Waals surface area contributed by atoms with Gasteiger partial charge >= 0.3 is 0 Å². The van der Waals surface area contributed by atoms with E-state index in [1.807, 2.05) is 0 Å². The van der Waals surface area contributed by atoms with Gasteiger partial charge in [0.1, 0.15) is 5.69 Å². The minimum Gasteiger partial charge on any atom is -0.273 e. The van der Waals surface area contributed by atoms with Crippen molar-refractivity contribution in [3.63, 3.8) is 0 Å². The number of hydrogen-bond acceptors (Lipinski definition) is 3. The molecule has 1 aliphatic rings. The molecule has 0 fully saturated rings. The van der Waals surface area contributed by atoms with Crippen molar-refractivity contribution in [2.75, 3.05) is 6.54 Å². The van der Waals surface area contributed by atoms with Crippen LogP contribution in [0.15, 0.2) is 42.6 Å². The van der Waals surface area contributed by atoms with E-state index in [2.05, 4.69) is 16.8 Å². The molecule has 0 spiro atoms. The average Bonchev–Trinajstić information content (AvgIpc) is 2.77. The lowest BCUT2D eigenvalue weighted by Crippen LogP contribution is -2.30. The third-order valence-electron chi connectivity index (χ3n) is 3.28. The lowest BCUT2D eigenvalue weighted by Gasteiger charge is -2.10. The summed E-state index contributed by atoms with van der Waals surface area (Å²) in [6.45, 7) is 0.264. The molecule has 22 heavy (non-hydrogen) atoms. The van der Waals surface area contributed by atoms with Crippen LogP contribution in [0.25, 0.3) is 0 Å². The SMILES string of the molecule is O=C1c2ccccc2C(=O)N1CCC#Cc1cc(Cl)ccn1. The molecule has 0 bridgehead atoms. The highest BCUT2D eigenvalue weighted by atomic mass is 35.5. The summed E-state index contributed by atoms with van der Waals surface area (Å²) in [6.07, 6.45) is 1.97. The lowest BCUT2D eigenvalue weighted by atomic mass is 10.1. The first-order valence-corrected chi connectivity index (χ1v) is 7.10. The Balaban J connectivity index is 1.67. The van der Waals surface area contributed by atoms with Crippen molar-refractivity contribution >= 4 is 23.4 Å². The van der Waals surface area contributed by atoms with Gasteiger partial charge in [0.05, 0.1) is 11.1 Å². The zero-order valence-electron chi connectivity index (χ0n) is 11.5. The van der Waals surface area contributed by atoms with Crippen molar-refractivity contribution < 1.29 is 9.59 Å². The Labute approximate surface area is 132 Å². The molecule has 0 saturated carbocycles. The van der Waals surface area contributed by atoms with E-state index in [4.69, 9.17) is 11.6 Å². The second-order valence-corrected chi connectivity index (χ2v) is 5.16. The Morgan fingerprint density at radius 2 is 1.77 bits per heavy atom. The van der Waals surface area contributed by atoms with Crippen molar-refractivity contribution in [1.82, 2.24) is 9.88 Å². The van der Waals surface area contributed by atoms with Crippen LogP contribution >= 0.6 is 11.6 Å². The second kappa shape index (κ2) is 6.00. The number of benzene rings is 1. The van der Waals surface area contributed by atoms with Gasteiger partial charge in [-0.3, -0.25) is 14.5 Å². The predicted molar refractivity (Wildman–Crippen MR) is 82.6 cm³/mol. The molecule has 4 nitrogen and oxygen atoms in total. The number of hydrogen-bond donors (Lipinski definition) is 0. The molecule has 0 aliphatic carbocycles. The van der Waals surface area contributed by atoms with E-state index < -0.39 is 0 Å². The van der Waals surface area contributed by atoms with Gasteiger partial charge in [0.15, 0.2) is 0 Å². The number of fused-ring (bicyclic) bond motifs is 1. The molecule has 1 aromatic heterocycles. The molecule has 2 aromatic rings. The molecule has 2 heterocycles. The van der Waals surface area contributed by atoms with E-state index in [1.165, 1.54) is 4.90 Å². The summed E-state index contributed by atoms with van der Waals surface area (Å²) in [5, 5.41) is 0.569. The Morgan fingerprint density at radius 1 is 1.09 bits per heavy atom. The first-order chi connectivity index (χ1) is 10.7. The zero-order chi connectivity index (χ0) is 15.5. The van der Waals surface area contributed by atoms with Gasteiger partial charge in [-0.15, -0.1) is 0 Å². The number of pyridine rings is 1. The third-order valence-corrected chi connectivity index (χ3v) is 3.51. The first kappa shape index (κ1) is 14.3. The van der Waals surface area contributed by atoms with Crippen LogP contribution in [0.1, 0.15) is 32.8 Å². The topological polar surface area (TPSA) is 50.3 Å². The van der Waals surface area contributed by atoms with E-state index in [1.54, 1.807) is 42.6 Å². The van der Waals surface area contributed by atoms with Gasteiger partial charge in [-0.2, -0.15) is 0 Å². The zero-order valence-corrected chi connectivity index (χ0v) is 12.3. The number of carbonyl (C=O) groups excluding carboxylic acids is 2. The van der Waals surface area contributed by atoms with Gasteiger partial charge < -0.3 is 0 Å². The number of aromatic nitrogens is 1. The van der Waals surface area contributed by atoms with E-state index >= 15 is 0 Å². The molecule has 1 aliphatic heterocycles. The van der Waals surface area contributed by atoms with Gasteiger partial charge in [-0.1, -0.05) is 29.7 Å². The fraction of sp³-hybridized carbons (Fsp3) is 0.118. The highest BCUT2D eigenvalue weighted by Gasteiger charge is 2.34. The molecule has 5 heteroatoms. The van der Waals surface area contributed by atoms with Gasteiger partial charge in [0.25, 0.3) is 11.8 Å². The smallest absolute Gasteiger partial charge is 0.261 e. The summed E-state index contributed by atoms with van der Waals surface area (Å²) >= 11 is 5.85. The van der Waals surface area contributed by atoms with Gasteiger partial charge in [0.2, 0.25) is 0 Å². The maximum atomic E-state index is 12.1. The molecule has 2 amide bonds. The monoisotopic (exact) mass is 310 g/mol. The Hall–Kier alpha value is -2.64. The standard InChI is InChI=1S/C17H11ClN2O2/c18-12-8-9-19-13(11-12)5-3-4-10-20-16(21)14-6-1-2-7-15(14)17(20)22/h1-2,6-9,11H,4,10H2. The van der Waals surface area contributed by atoms with Crippen molar-refractivity contribution in [2.24, 2.45) is 0 Å². The van der Waals surface area contributed by atoms with Crippen molar-refractivity contribution in [3.05, 3.63) is 64.4 Å². The Kier molecular flexibility index (Phi) is 3.90. The van der Waals surface area contributed by atoms with Crippen LogP contribution < -0.4 is 0 Å². The summed E-state index contributed by atoms with van der Waals surface area (Å²) < 4.78 is 0. The predicted octanol–water partition coefficient (Wildman–Crippen LogP) is 2.77. The van der Waals surface area contributed by atoms with Crippen LogP contribution in [0.3, 0.4) is 0 Å². The van der Waals surface area contributed by atoms with Gasteiger partial charge in [-0.05, 0) is 30.2 Å². The molecule has 3 rings (SSSR count). The van der Waals surface area contributed by atoms with Crippen LogP contribution in [0.2, 0.25) is 5.02 Å². The number of amides is 2. The third kappa shape index (κ3) is 2.72. The van der Waals surface area contributed by atoms with Crippen LogP contribution in [0.5, 0.6) is 0 Å². The number of carbonyl (C=O) groups is 2. The normalized spacial score (nSPS) is 12.9. The molecule has 0 unspecified atom stereocenters. The van der Waals surface area contributed by atoms with Crippen molar-refractivity contribution in [1.29, 1.82) is 0 Å². The largest absolute Gasteiger partial charge is 0.273 e. The highest BCUT2D eigenvalue weighted by Crippen LogP contribution is 2.22. The summed E-state index contributed by atoms with van der Waals surface area (Å²) in [7, 11) is 0. The second-order valence-electron chi connectivity index (χ2n) is 4.72. The van der Waals surface area contributed by atoms with E-state index in [0.29, 0.717) is 28.3 Å².